The number of nitrogens with zero attached hydrogens (tertiary/aromatic N) is 3. The van der Waals surface area contributed by atoms with Gasteiger partial charge in [0.15, 0.2) is 0 Å². The van der Waals surface area contributed by atoms with Gasteiger partial charge in [0.05, 0.1) is 11.1 Å². The average molecular weight is 853 g/mol. The fourth-order valence-corrected chi connectivity index (χ4v) is 6.84. The van der Waals surface area contributed by atoms with E-state index in [4.69, 9.17) is 9.97 Å². The molecule has 0 unspecified atom stereocenters. The second kappa shape index (κ2) is 14.9. The van der Waals surface area contributed by atoms with Crippen molar-refractivity contribution in [2.75, 3.05) is 0 Å². The summed E-state index contributed by atoms with van der Waals surface area (Å²) in [6.07, 6.45) is 3.75. The van der Waals surface area contributed by atoms with Gasteiger partial charge in [-0.1, -0.05) is 89.6 Å². The third kappa shape index (κ3) is 7.06. The van der Waals surface area contributed by atoms with Crippen molar-refractivity contribution in [1.29, 1.82) is 0 Å². The minimum atomic E-state index is -0.709. The number of fused-ring (bicyclic) bond motifs is 3. The molecule has 0 N–H and O–H groups in total. The van der Waals surface area contributed by atoms with E-state index >= 15 is 0 Å². The van der Waals surface area contributed by atoms with E-state index in [0.29, 0.717) is 0 Å². The topological polar surface area (TPSA) is 38.7 Å². The molecular formula is C48H42IrN3. The summed E-state index contributed by atoms with van der Waals surface area (Å²) in [5, 5.41) is 0. The Morgan fingerprint density at radius 3 is 1.77 bits per heavy atom. The van der Waals surface area contributed by atoms with Crippen LogP contribution in [0, 0.1) is 18.2 Å². The monoisotopic (exact) mass is 853 g/mol. The summed E-state index contributed by atoms with van der Waals surface area (Å²) in [6.45, 7) is 13.5. The van der Waals surface area contributed by atoms with Crippen LogP contribution in [-0.4, -0.2) is 15.0 Å². The third-order valence-electron chi connectivity index (χ3n) is 9.57. The summed E-state index contributed by atoms with van der Waals surface area (Å²) in [4.78, 5) is 14.8. The van der Waals surface area contributed by atoms with Crippen molar-refractivity contribution in [2.45, 2.75) is 57.8 Å². The molecule has 0 aliphatic heterocycles. The van der Waals surface area contributed by atoms with Crippen LogP contribution in [0.15, 0.2) is 146 Å². The molecule has 258 valence electrons. The summed E-state index contributed by atoms with van der Waals surface area (Å²) in [6, 6.07) is 56.0. The van der Waals surface area contributed by atoms with Gasteiger partial charge in [0, 0.05) is 18.1 Å². The summed E-state index contributed by atoms with van der Waals surface area (Å²) >= 11 is 0. The van der Waals surface area contributed by atoms with Crippen LogP contribution >= 0.6 is 0 Å². The van der Waals surface area contributed by atoms with E-state index in [1.807, 2.05) is 66.9 Å². The average Bonchev–Trinajstić information content (AvgIpc) is 3.47. The maximum Gasteiger partial charge on any atom is 3.00 e. The van der Waals surface area contributed by atoms with Gasteiger partial charge >= 0.3 is 20.1 Å². The molecule has 0 spiro atoms. The molecule has 0 saturated heterocycles. The molecule has 0 amide bonds. The third-order valence-corrected chi connectivity index (χ3v) is 9.57. The molecule has 1 aliphatic rings. The molecule has 1 aliphatic carbocycles. The number of benzene rings is 4. The van der Waals surface area contributed by atoms with Crippen molar-refractivity contribution >= 4 is 0 Å². The smallest absolute Gasteiger partial charge is 0.305 e. The maximum atomic E-state index is 5.45. The van der Waals surface area contributed by atoms with Crippen molar-refractivity contribution in [3.8, 4) is 33.6 Å². The zero-order chi connectivity index (χ0) is 35.6. The second-order valence-corrected chi connectivity index (χ2v) is 15.1. The van der Waals surface area contributed by atoms with Crippen LogP contribution in [-0.2, 0) is 36.4 Å². The SMILES string of the molecule is CC(C)(C)c1ccnc([C@@]2(c3cc(C(C)(C)C)cc(-c4[c-]cccc4)n3)c3[c-]cccc3-c3ccccc32)c1.[Ir+3].[c-]1ccccc1-c1ccccn1. The van der Waals surface area contributed by atoms with E-state index < -0.39 is 5.41 Å². The van der Waals surface area contributed by atoms with Crippen LogP contribution in [0.1, 0.15) is 75.2 Å². The van der Waals surface area contributed by atoms with Gasteiger partial charge in [-0.25, -0.2) is 0 Å². The molecule has 3 heterocycles. The minimum absolute atomic E-state index is 0. The van der Waals surface area contributed by atoms with Gasteiger partial charge in [-0.05, 0) is 63.2 Å². The van der Waals surface area contributed by atoms with E-state index in [1.54, 1.807) is 6.20 Å². The largest absolute Gasteiger partial charge is 3.00 e. The van der Waals surface area contributed by atoms with Crippen molar-refractivity contribution in [1.82, 2.24) is 15.0 Å². The molecular weight excluding hydrogens is 811 g/mol. The Kier molecular flexibility index (Phi) is 10.5. The predicted molar refractivity (Wildman–Crippen MR) is 208 cm³/mol. The molecule has 4 heteroatoms. The Morgan fingerprint density at radius 2 is 1.12 bits per heavy atom. The van der Waals surface area contributed by atoms with Crippen LogP contribution < -0.4 is 0 Å². The van der Waals surface area contributed by atoms with Crippen molar-refractivity contribution < 1.29 is 20.1 Å². The van der Waals surface area contributed by atoms with Gasteiger partial charge in [-0.3, -0.25) is 9.97 Å². The Labute approximate surface area is 322 Å². The van der Waals surface area contributed by atoms with Crippen LogP contribution in [0.2, 0.25) is 0 Å². The van der Waals surface area contributed by atoms with Crippen LogP contribution in [0.4, 0.5) is 0 Å². The van der Waals surface area contributed by atoms with Gasteiger partial charge < -0.3 is 4.98 Å². The van der Waals surface area contributed by atoms with E-state index in [9.17, 15) is 0 Å². The van der Waals surface area contributed by atoms with Gasteiger partial charge in [0.25, 0.3) is 0 Å². The zero-order valence-electron chi connectivity index (χ0n) is 30.5. The summed E-state index contributed by atoms with van der Waals surface area (Å²) in [5.74, 6) is 0. The van der Waals surface area contributed by atoms with Crippen molar-refractivity contribution in [2.24, 2.45) is 0 Å². The first kappa shape index (κ1) is 36.8. The van der Waals surface area contributed by atoms with Gasteiger partial charge in [-0.2, -0.15) is 24.3 Å². The molecule has 4 aromatic carbocycles. The quantitative estimate of drug-likeness (QED) is 0.166. The first-order valence-corrected chi connectivity index (χ1v) is 17.5. The van der Waals surface area contributed by atoms with E-state index in [-0.39, 0.29) is 30.9 Å². The number of aromatic nitrogens is 3. The van der Waals surface area contributed by atoms with Gasteiger partial charge in [0.1, 0.15) is 0 Å². The number of hydrogen-bond donors (Lipinski definition) is 0. The molecule has 1 atom stereocenters. The molecule has 0 bridgehead atoms. The molecule has 0 fully saturated rings. The number of rotatable bonds is 4. The molecule has 3 aromatic heterocycles. The van der Waals surface area contributed by atoms with Crippen molar-refractivity contribution in [3.63, 3.8) is 0 Å². The molecule has 52 heavy (non-hydrogen) atoms. The predicted octanol–water partition coefficient (Wildman–Crippen LogP) is 11.2. The fraction of sp³-hybridized carbons (Fsp3) is 0.188. The van der Waals surface area contributed by atoms with E-state index in [1.165, 1.54) is 27.8 Å². The summed E-state index contributed by atoms with van der Waals surface area (Å²) < 4.78 is 0. The Hall–Kier alpha value is -5.02. The number of pyridine rings is 3. The molecule has 8 rings (SSSR count). The van der Waals surface area contributed by atoms with Gasteiger partial charge in [-0.15, -0.1) is 82.9 Å². The minimum Gasteiger partial charge on any atom is -0.305 e. The summed E-state index contributed by atoms with van der Waals surface area (Å²) in [7, 11) is 0. The molecule has 0 radical (unpaired) electrons. The standard InChI is InChI=1S/C37H34N2.C11H8N.Ir/c1-35(2,3)26-20-21-38-33(23-26)37(30-18-12-10-16-28(30)29-17-11-13-19-31(29)37)34-24-27(36(4,5)6)22-32(39-34)25-14-8-7-9-15-25;1-2-6-10(7-3-1)11-8-4-5-9-12-11;/h7-14,16-18,20-24H,1-6H3;1-6,8-9H;/q-2;-1;+3/t37-;;/m0../s1. The Bertz CT molecular complexity index is 2190. The van der Waals surface area contributed by atoms with Gasteiger partial charge in [0.2, 0.25) is 0 Å². The molecule has 3 nitrogen and oxygen atoms in total. The fourth-order valence-electron chi connectivity index (χ4n) is 6.84. The Morgan fingerprint density at radius 1 is 0.500 bits per heavy atom. The first-order valence-electron chi connectivity index (χ1n) is 17.5. The summed E-state index contributed by atoms with van der Waals surface area (Å²) in [5.41, 5.74) is 12.2. The van der Waals surface area contributed by atoms with Crippen LogP contribution in [0.5, 0.6) is 0 Å². The van der Waals surface area contributed by atoms with Crippen LogP contribution in [0.25, 0.3) is 33.6 Å². The molecule has 0 saturated carbocycles. The zero-order valence-corrected chi connectivity index (χ0v) is 32.9. The van der Waals surface area contributed by atoms with E-state index in [2.05, 4.69) is 138 Å². The number of hydrogen-bond acceptors (Lipinski definition) is 3. The molecule has 7 aromatic rings. The van der Waals surface area contributed by atoms with E-state index in [0.717, 1.165) is 39.5 Å². The second-order valence-electron chi connectivity index (χ2n) is 15.1. The normalized spacial score (nSPS) is 14.7. The maximum absolute atomic E-state index is 5.45. The Balaban J connectivity index is 0.000000302. The van der Waals surface area contributed by atoms with Crippen molar-refractivity contribution in [3.05, 3.63) is 198 Å². The van der Waals surface area contributed by atoms with Crippen LogP contribution in [0.3, 0.4) is 0 Å². The first-order chi connectivity index (χ1) is 24.6.